The van der Waals surface area contributed by atoms with Crippen molar-refractivity contribution in [3.63, 3.8) is 0 Å². The van der Waals surface area contributed by atoms with E-state index in [2.05, 4.69) is 152 Å². The molecule has 5 heteroatoms. The minimum Gasteiger partial charge on any atom is -0.305 e. The second-order valence-corrected chi connectivity index (χ2v) is 19.1. The summed E-state index contributed by atoms with van der Waals surface area (Å²) in [7, 11) is -1.23. The Hall–Kier alpha value is -4.51. The summed E-state index contributed by atoms with van der Waals surface area (Å²) in [4.78, 5) is 9.16. The van der Waals surface area contributed by atoms with Crippen LogP contribution in [0.5, 0.6) is 0 Å². The fourth-order valence-corrected chi connectivity index (χ4v) is 8.18. The molecule has 0 aliphatic carbocycles. The summed E-state index contributed by atoms with van der Waals surface area (Å²) >= 11 is 1.81. The van der Waals surface area contributed by atoms with Crippen LogP contribution in [0.4, 0.5) is 0 Å². The molecule has 0 unspecified atom stereocenters. The number of hydrogen-bond donors (Lipinski definition) is 0. The minimum absolute atomic E-state index is 0. The van der Waals surface area contributed by atoms with Gasteiger partial charge in [0.15, 0.2) is 0 Å². The Balaban J connectivity index is 0.000000208. The van der Waals surface area contributed by atoms with Crippen LogP contribution in [-0.4, -0.2) is 18.0 Å². The van der Waals surface area contributed by atoms with Gasteiger partial charge >= 0.3 is 0 Å². The summed E-state index contributed by atoms with van der Waals surface area (Å²) in [6.07, 6.45) is 3.90. The molecule has 0 N–H and O–H groups in total. The van der Waals surface area contributed by atoms with Gasteiger partial charge in [-0.15, -0.1) is 59.7 Å². The Labute approximate surface area is 307 Å². The molecule has 3 heterocycles. The van der Waals surface area contributed by atoms with Gasteiger partial charge < -0.3 is 9.97 Å². The number of hydrogen-bond acceptors (Lipinski definition) is 3. The summed E-state index contributed by atoms with van der Waals surface area (Å²) in [6, 6.07) is 53.3. The zero-order valence-corrected chi connectivity index (χ0v) is 32.2. The molecule has 0 saturated heterocycles. The Kier molecular flexibility index (Phi) is 10.5. The maximum atomic E-state index is 4.64. The van der Waals surface area contributed by atoms with Crippen LogP contribution in [0.3, 0.4) is 0 Å². The van der Waals surface area contributed by atoms with E-state index in [4.69, 9.17) is 0 Å². The molecule has 8 aromatic rings. The average molecular weight is 845 g/mol. The van der Waals surface area contributed by atoms with Crippen LogP contribution in [0.15, 0.2) is 146 Å². The minimum atomic E-state index is -1.23. The van der Waals surface area contributed by atoms with Gasteiger partial charge in [0.2, 0.25) is 0 Å². The SMILES string of the molecule is C[Si](C)(C)c1ccc(-c2[c-]cccc2)nc1.Cc1cc(-c2ccccc2)cc2sc3[c-]c(-c4cc(-c5ccccc5)ccn4)ccc3c12.[Ir]. The van der Waals surface area contributed by atoms with Crippen molar-refractivity contribution < 1.29 is 20.1 Å². The summed E-state index contributed by atoms with van der Waals surface area (Å²) in [5.41, 5.74) is 10.2. The van der Waals surface area contributed by atoms with Crippen molar-refractivity contribution in [1.82, 2.24) is 9.97 Å². The van der Waals surface area contributed by atoms with Gasteiger partial charge in [-0.1, -0.05) is 116 Å². The van der Waals surface area contributed by atoms with Crippen LogP contribution in [0, 0.1) is 19.1 Å². The second kappa shape index (κ2) is 14.9. The van der Waals surface area contributed by atoms with Crippen molar-refractivity contribution in [3.05, 3.63) is 164 Å². The van der Waals surface area contributed by atoms with Crippen LogP contribution in [0.1, 0.15) is 5.56 Å². The quantitative estimate of drug-likeness (QED) is 0.127. The van der Waals surface area contributed by atoms with Crippen molar-refractivity contribution >= 4 is 44.8 Å². The number of fused-ring (bicyclic) bond motifs is 3. The zero-order valence-electron chi connectivity index (χ0n) is 28.0. The number of thiophene rings is 1. The summed E-state index contributed by atoms with van der Waals surface area (Å²) < 4.78 is 2.48. The van der Waals surface area contributed by atoms with Crippen LogP contribution in [-0.2, 0) is 20.1 Å². The first kappa shape index (κ1) is 34.4. The van der Waals surface area contributed by atoms with Gasteiger partial charge in [0.25, 0.3) is 0 Å². The maximum Gasteiger partial charge on any atom is 0.0795 e. The van der Waals surface area contributed by atoms with Crippen molar-refractivity contribution in [1.29, 1.82) is 0 Å². The Morgan fingerprint density at radius 3 is 1.98 bits per heavy atom. The van der Waals surface area contributed by atoms with E-state index in [0.29, 0.717) is 0 Å². The van der Waals surface area contributed by atoms with Crippen molar-refractivity contribution in [2.75, 3.05) is 0 Å². The molecule has 8 rings (SSSR count). The third-order valence-corrected chi connectivity index (χ3v) is 11.7. The van der Waals surface area contributed by atoms with Crippen molar-refractivity contribution in [2.24, 2.45) is 0 Å². The van der Waals surface area contributed by atoms with E-state index in [-0.39, 0.29) is 20.1 Å². The summed E-state index contributed by atoms with van der Waals surface area (Å²) in [5.74, 6) is 0. The van der Waals surface area contributed by atoms with Gasteiger partial charge in [0, 0.05) is 37.2 Å². The third kappa shape index (κ3) is 7.72. The Morgan fingerprint density at radius 2 is 1.33 bits per heavy atom. The first-order valence-electron chi connectivity index (χ1n) is 16.2. The standard InChI is InChI=1S/C30H20NS.C14H16NSi.Ir/c1-20-16-25(22-10-6-3-7-11-22)19-29-30(20)26-13-12-24(18-28(26)32-29)27-17-23(14-15-31-27)21-8-4-2-5-9-21;1-16(2,3)13-9-10-14(15-11-13)12-7-5-4-6-8-12;/h2-17,19H,1H3;4-7,9-11H,1-3H3;/q2*-1;. The molecular formula is C44H36IrN2SSi-2. The second-order valence-electron chi connectivity index (χ2n) is 13.0. The number of benzene rings is 5. The smallest absolute Gasteiger partial charge is 0.0795 e. The molecule has 5 aromatic carbocycles. The Morgan fingerprint density at radius 1 is 0.612 bits per heavy atom. The average Bonchev–Trinajstić information content (AvgIpc) is 3.51. The molecule has 243 valence electrons. The van der Waals surface area contributed by atoms with Gasteiger partial charge in [-0.25, -0.2) is 0 Å². The van der Waals surface area contributed by atoms with Gasteiger partial charge in [-0.05, 0) is 68.0 Å². The molecule has 2 nitrogen and oxygen atoms in total. The fourth-order valence-electron chi connectivity index (χ4n) is 5.93. The summed E-state index contributed by atoms with van der Waals surface area (Å²) in [5, 5.41) is 4.00. The number of aryl methyl sites for hydroxylation is 1. The van der Waals surface area contributed by atoms with Gasteiger partial charge in [-0.3, -0.25) is 0 Å². The monoisotopic (exact) mass is 845 g/mol. The fraction of sp³-hybridized carbons (Fsp3) is 0.0909. The van der Waals surface area contributed by atoms with Gasteiger partial charge in [0.1, 0.15) is 0 Å². The molecule has 1 radical (unpaired) electrons. The number of pyridine rings is 2. The molecule has 0 spiro atoms. The third-order valence-electron chi connectivity index (χ3n) is 8.55. The van der Waals surface area contributed by atoms with Gasteiger partial charge in [0.05, 0.1) is 8.07 Å². The van der Waals surface area contributed by atoms with Crippen LogP contribution >= 0.6 is 11.3 Å². The zero-order chi connectivity index (χ0) is 33.1. The molecule has 0 aliphatic rings. The molecule has 3 aromatic heterocycles. The number of aromatic nitrogens is 2. The van der Waals surface area contributed by atoms with Crippen LogP contribution in [0.2, 0.25) is 19.6 Å². The number of rotatable bonds is 5. The molecule has 0 saturated carbocycles. The molecule has 0 fully saturated rings. The molecule has 0 atom stereocenters. The maximum absolute atomic E-state index is 4.64. The molecule has 0 aliphatic heterocycles. The van der Waals surface area contributed by atoms with E-state index >= 15 is 0 Å². The van der Waals surface area contributed by atoms with E-state index in [1.807, 2.05) is 54.1 Å². The van der Waals surface area contributed by atoms with E-state index in [0.717, 1.165) is 22.5 Å². The van der Waals surface area contributed by atoms with Crippen LogP contribution < -0.4 is 5.19 Å². The molecule has 0 amide bonds. The van der Waals surface area contributed by atoms with Crippen LogP contribution in [0.25, 0.3) is 64.9 Å². The first-order valence-corrected chi connectivity index (χ1v) is 20.6. The van der Waals surface area contributed by atoms with Crippen molar-refractivity contribution in [2.45, 2.75) is 26.6 Å². The van der Waals surface area contributed by atoms with E-state index in [9.17, 15) is 0 Å². The predicted molar refractivity (Wildman–Crippen MR) is 208 cm³/mol. The molecule has 49 heavy (non-hydrogen) atoms. The first-order chi connectivity index (χ1) is 23.3. The number of nitrogens with zero attached hydrogens (tertiary/aromatic N) is 2. The van der Waals surface area contributed by atoms with Gasteiger partial charge in [-0.2, -0.15) is 11.3 Å². The normalized spacial score (nSPS) is 11.1. The van der Waals surface area contributed by atoms with Crippen molar-refractivity contribution in [3.8, 4) is 44.8 Å². The topological polar surface area (TPSA) is 25.8 Å². The summed E-state index contributed by atoms with van der Waals surface area (Å²) in [6.45, 7) is 9.20. The van der Waals surface area contributed by atoms with E-state index in [1.54, 1.807) is 0 Å². The Bertz CT molecular complexity index is 2310. The largest absolute Gasteiger partial charge is 0.305 e. The predicted octanol–water partition coefficient (Wildman–Crippen LogP) is 11.7. The molecule has 0 bridgehead atoms. The van der Waals surface area contributed by atoms with E-state index in [1.165, 1.54) is 53.2 Å². The molecular weight excluding hydrogens is 809 g/mol. The van der Waals surface area contributed by atoms with E-state index < -0.39 is 8.07 Å².